The van der Waals surface area contributed by atoms with Crippen LogP contribution in [0.4, 0.5) is 4.79 Å². The van der Waals surface area contributed by atoms with Gasteiger partial charge in [-0.05, 0) is 51.5 Å². The first-order valence-electron chi connectivity index (χ1n) is 8.77. The molecule has 1 saturated heterocycles. The number of carbonyl (C=O) groups excluding carboxylic acids is 2. The predicted molar refractivity (Wildman–Crippen MR) is 95.6 cm³/mol. The Morgan fingerprint density at radius 1 is 1.29 bits per heavy atom. The van der Waals surface area contributed by atoms with Crippen molar-refractivity contribution in [1.29, 1.82) is 0 Å². The van der Waals surface area contributed by atoms with Crippen molar-refractivity contribution in [2.45, 2.75) is 52.5 Å². The Balaban J connectivity index is 1.92. The Morgan fingerprint density at radius 2 is 1.96 bits per heavy atom. The smallest absolute Gasteiger partial charge is 0.317 e. The summed E-state index contributed by atoms with van der Waals surface area (Å²) in [5.41, 5.74) is 8.76. The van der Waals surface area contributed by atoms with Crippen LogP contribution in [0.25, 0.3) is 0 Å². The molecule has 0 radical (unpaired) electrons. The molecule has 5 nitrogen and oxygen atoms in total. The molecule has 24 heavy (non-hydrogen) atoms. The first-order valence-corrected chi connectivity index (χ1v) is 8.77. The summed E-state index contributed by atoms with van der Waals surface area (Å²) < 4.78 is 0. The Morgan fingerprint density at radius 3 is 2.58 bits per heavy atom. The quantitative estimate of drug-likeness (QED) is 0.870. The van der Waals surface area contributed by atoms with Gasteiger partial charge in [-0.25, -0.2) is 4.79 Å². The first kappa shape index (κ1) is 18.3. The van der Waals surface area contributed by atoms with E-state index in [2.05, 4.69) is 37.4 Å². The molecule has 3 N–H and O–H groups in total. The molecule has 2 atom stereocenters. The number of primary amides is 1. The van der Waals surface area contributed by atoms with Gasteiger partial charge in [-0.15, -0.1) is 0 Å². The largest absolute Gasteiger partial charge is 0.370 e. The van der Waals surface area contributed by atoms with E-state index in [1.807, 2.05) is 11.8 Å². The Labute approximate surface area is 144 Å². The lowest BCUT2D eigenvalue weighted by molar-refractivity contribution is -0.118. The van der Waals surface area contributed by atoms with E-state index in [0.717, 1.165) is 31.4 Å². The van der Waals surface area contributed by atoms with Gasteiger partial charge in [-0.2, -0.15) is 0 Å². The lowest BCUT2D eigenvalue weighted by atomic mass is 9.93. The number of benzene rings is 1. The van der Waals surface area contributed by atoms with Crippen molar-refractivity contribution in [3.05, 3.63) is 34.9 Å². The van der Waals surface area contributed by atoms with Gasteiger partial charge in [0.2, 0.25) is 5.91 Å². The summed E-state index contributed by atoms with van der Waals surface area (Å²) in [5.74, 6) is 0.105. The number of hydrogen-bond acceptors (Lipinski definition) is 2. The van der Waals surface area contributed by atoms with E-state index >= 15 is 0 Å². The molecule has 1 fully saturated rings. The fraction of sp³-hybridized carbons (Fsp3) is 0.579. The van der Waals surface area contributed by atoms with Gasteiger partial charge in [0.1, 0.15) is 0 Å². The summed E-state index contributed by atoms with van der Waals surface area (Å²) in [4.78, 5) is 25.4. The highest BCUT2D eigenvalue weighted by Gasteiger charge is 2.24. The number of hydrogen-bond donors (Lipinski definition) is 2. The van der Waals surface area contributed by atoms with Crippen molar-refractivity contribution in [2.24, 2.45) is 11.7 Å². The molecule has 0 aliphatic carbocycles. The second kappa shape index (κ2) is 8.18. The highest BCUT2D eigenvalue weighted by Crippen LogP contribution is 2.22. The van der Waals surface area contributed by atoms with Gasteiger partial charge in [0.15, 0.2) is 0 Å². The lowest BCUT2D eigenvalue weighted by Crippen LogP contribution is -2.46. The van der Waals surface area contributed by atoms with E-state index < -0.39 is 0 Å². The number of nitrogens with one attached hydrogen (secondary N) is 1. The molecule has 2 rings (SSSR count). The fourth-order valence-corrected chi connectivity index (χ4v) is 3.45. The van der Waals surface area contributed by atoms with E-state index in [1.54, 1.807) is 0 Å². The van der Waals surface area contributed by atoms with Crippen LogP contribution in [0.15, 0.2) is 18.2 Å². The number of piperidine rings is 1. The number of likely N-dealkylation sites (tertiary alicyclic amines) is 1. The number of amides is 3. The van der Waals surface area contributed by atoms with Gasteiger partial charge >= 0.3 is 6.03 Å². The number of carbonyl (C=O) groups is 2. The van der Waals surface area contributed by atoms with E-state index in [0.29, 0.717) is 18.9 Å². The van der Waals surface area contributed by atoms with Gasteiger partial charge in [0.05, 0.1) is 6.04 Å². The molecule has 0 spiro atoms. The topological polar surface area (TPSA) is 75.4 Å². The molecule has 3 amide bonds. The average molecular weight is 331 g/mol. The number of nitrogens with two attached hydrogens (primary N) is 1. The summed E-state index contributed by atoms with van der Waals surface area (Å²) >= 11 is 0. The summed E-state index contributed by atoms with van der Waals surface area (Å²) in [6, 6.07) is 6.31. The zero-order valence-electron chi connectivity index (χ0n) is 15.0. The summed E-state index contributed by atoms with van der Waals surface area (Å²) in [6.07, 6.45) is 3.21. The molecule has 1 aliphatic heterocycles. The van der Waals surface area contributed by atoms with E-state index in [9.17, 15) is 9.59 Å². The zero-order valence-corrected chi connectivity index (χ0v) is 15.0. The summed E-state index contributed by atoms with van der Waals surface area (Å²) in [6.45, 7) is 7.63. The monoisotopic (exact) mass is 331 g/mol. The van der Waals surface area contributed by atoms with Gasteiger partial charge in [-0.1, -0.05) is 29.3 Å². The number of aryl methyl sites for hydroxylation is 2. The summed E-state index contributed by atoms with van der Waals surface area (Å²) in [7, 11) is 0. The van der Waals surface area contributed by atoms with Gasteiger partial charge in [0.25, 0.3) is 0 Å². The van der Waals surface area contributed by atoms with E-state index in [1.165, 1.54) is 11.1 Å². The second-order valence-electron chi connectivity index (χ2n) is 7.05. The first-order chi connectivity index (χ1) is 11.3. The maximum atomic E-state index is 12.6. The number of rotatable bonds is 5. The minimum atomic E-state index is -0.264. The zero-order chi connectivity index (χ0) is 17.7. The van der Waals surface area contributed by atoms with Crippen LogP contribution in [0.3, 0.4) is 0 Å². The SMILES string of the molecule is Cc1cc(C)cc([C@@H](C)NC(=O)N2CCC[C@@H](CCC(N)=O)C2)c1. The van der Waals surface area contributed by atoms with E-state index in [4.69, 9.17) is 5.73 Å². The molecule has 5 heteroatoms. The van der Waals surface area contributed by atoms with Crippen LogP contribution in [0.5, 0.6) is 0 Å². The molecular formula is C19H29N3O2. The molecule has 0 bridgehead atoms. The normalized spacial score (nSPS) is 19.0. The van der Waals surface area contributed by atoms with Gasteiger partial charge < -0.3 is 16.0 Å². The van der Waals surface area contributed by atoms with Crippen LogP contribution in [0.2, 0.25) is 0 Å². The van der Waals surface area contributed by atoms with Crippen LogP contribution >= 0.6 is 0 Å². The van der Waals surface area contributed by atoms with Crippen LogP contribution in [-0.4, -0.2) is 29.9 Å². The van der Waals surface area contributed by atoms with Crippen molar-refractivity contribution in [3.8, 4) is 0 Å². The van der Waals surface area contributed by atoms with Crippen molar-refractivity contribution in [3.63, 3.8) is 0 Å². The van der Waals surface area contributed by atoms with Crippen LogP contribution < -0.4 is 11.1 Å². The molecular weight excluding hydrogens is 302 g/mol. The van der Waals surface area contributed by atoms with Crippen LogP contribution in [-0.2, 0) is 4.79 Å². The van der Waals surface area contributed by atoms with Crippen molar-refractivity contribution in [2.75, 3.05) is 13.1 Å². The molecule has 1 aromatic rings. The van der Waals surface area contributed by atoms with Crippen LogP contribution in [0.1, 0.15) is 55.3 Å². The minimum Gasteiger partial charge on any atom is -0.370 e. The van der Waals surface area contributed by atoms with Crippen molar-refractivity contribution >= 4 is 11.9 Å². The molecule has 1 heterocycles. The molecule has 0 aromatic heterocycles. The highest BCUT2D eigenvalue weighted by molar-refractivity contribution is 5.75. The third-order valence-corrected chi connectivity index (χ3v) is 4.69. The summed E-state index contributed by atoms with van der Waals surface area (Å²) in [5, 5.41) is 3.10. The van der Waals surface area contributed by atoms with Crippen LogP contribution in [0, 0.1) is 19.8 Å². The van der Waals surface area contributed by atoms with E-state index in [-0.39, 0.29) is 18.0 Å². The third kappa shape index (κ3) is 5.25. The van der Waals surface area contributed by atoms with Crippen molar-refractivity contribution < 1.29 is 9.59 Å². The Kier molecular flexibility index (Phi) is 6.23. The van der Waals surface area contributed by atoms with Crippen molar-refractivity contribution in [1.82, 2.24) is 10.2 Å². The third-order valence-electron chi connectivity index (χ3n) is 4.69. The molecule has 1 aliphatic rings. The number of urea groups is 1. The van der Waals surface area contributed by atoms with Gasteiger partial charge in [-0.3, -0.25) is 4.79 Å². The second-order valence-corrected chi connectivity index (χ2v) is 7.05. The molecule has 0 saturated carbocycles. The molecule has 1 aromatic carbocycles. The Bertz CT molecular complexity index is 580. The molecule has 132 valence electrons. The lowest BCUT2D eigenvalue weighted by Gasteiger charge is -2.33. The average Bonchev–Trinajstić information content (AvgIpc) is 2.52. The highest BCUT2D eigenvalue weighted by atomic mass is 16.2. The fourth-order valence-electron chi connectivity index (χ4n) is 3.45. The minimum absolute atomic E-state index is 0.0227. The maximum Gasteiger partial charge on any atom is 0.317 e. The molecule has 0 unspecified atom stereocenters. The van der Waals surface area contributed by atoms with Gasteiger partial charge in [0, 0.05) is 19.5 Å². The number of nitrogens with zero attached hydrogens (tertiary/aromatic N) is 1. The maximum absolute atomic E-state index is 12.6. The standard InChI is InChI=1S/C19H29N3O2/c1-13-9-14(2)11-17(10-13)15(3)21-19(24)22-8-4-5-16(12-22)6-7-18(20)23/h9-11,15-16H,4-8,12H2,1-3H3,(H2,20,23)(H,21,24)/t15-,16+/m1/s1. The Hall–Kier alpha value is -2.04. The predicted octanol–water partition coefficient (Wildman–Crippen LogP) is 3.05.